The molecular formula is C36H47ClN4O7. The first kappa shape index (κ1) is 38.0. The van der Waals surface area contributed by atoms with Crippen LogP contribution in [-0.2, 0) is 4.79 Å². The van der Waals surface area contributed by atoms with Gasteiger partial charge in [-0.1, -0.05) is 19.1 Å². The second-order valence-electron chi connectivity index (χ2n) is 11.7. The van der Waals surface area contributed by atoms with Crippen molar-refractivity contribution in [2.45, 2.75) is 26.2 Å². The Bertz CT molecular complexity index is 1540. The van der Waals surface area contributed by atoms with Crippen LogP contribution in [0.5, 0.6) is 23.0 Å². The molecule has 1 N–H and O–H groups in total. The number of likely N-dealkylation sites (N-methyl/N-ethyl adjacent to an activating group) is 1. The first-order valence-corrected chi connectivity index (χ1v) is 15.8. The van der Waals surface area contributed by atoms with Gasteiger partial charge in [0.15, 0.2) is 0 Å². The number of ether oxygens (including phenoxy) is 4. The summed E-state index contributed by atoms with van der Waals surface area (Å²) in [5.74, 6) is 1.71. The molecule has 1 saturated heterocycles. The van der Waals surface area contributed by atoms with Crippen LogP contribution in [0.4, 0.5) is 11.4 Å². The van der Waals surface area contributed by atoms with Crippen LogP contribution in [0.1, 0.15) is 46.9 Å². The lowest BCUT2D eigenvalue weighted by Crippen LogP contribution is -2.47. The van der Waals surface area contributed by atoms with Gasteiger partial charge in [-0.05, 0) is 68.3 Å². The summed E-state index contributed by atoms with van der Waals surface area (Å²) >= 11 is 0. The van der Waals surface area contributed by atoms with Crippen molar-refractivity contribution in [2.24, 2.45) is 5.92 Å². The molecule has 0 spiro atoms. The molecule has 1 aliphatic rings. The molecule has 3 aromatic rings. The monoisotopic (exact) mass is 682 g/mol. The Kier molecular flexibility index (Phi) is 14.4. The molecule has 1 atom stereocenters. The number of amides is 3. The number of carbonyl (C=O) groups is 3. The standard InChI is InChI=1S/C36H46N4O7.ClH/c1-25(11-16-34(41)40-20-18-38(2)19-21-40)17-22-47-31-10-8-7-9-30(31)39(3)36(43)26-12-15-29(33(23-26)46-6)37-35(42)28-14-13-27(44-4)24-32(28)45-5;/h7-10,12-15,23-25H,11,16-22H2,1-6H3,(H,37,42);1H. The predicted octanol–water partition coefficient (Wildman–Crippen LogP) is 5.62. The van der Waals surface area contributed by atoms with Crippen LogP contribution < -0.4 is 29.2 Å². The van der Waals surface area contributed by atoms with E-state index in [-0.39, 0.29) is 24.2 Å². The van der Waals surface area contributed by atoms with E-state index in [1.165, 1.54) is 26.2 Å². The van der Waals surface area contributed by atoms with Gasteiger partial charge in [0, 0.05) is 51.3 Å². The van der Waals surface area contributed by atoms with E-state index in [1.807, 2.05) is 29.2 Å². The van der Waals surface area contributed by atoms with E-state index in [0.29, 0.717) is 64.4 Å². The number of carbonyl (C=O) groups excluding carboxylic acids is 3. The van der Waals surface area contributed by atoms with E-state index in [9.17, 15) is 14.4 Å². The van der Waals surface area contributed by atoms with Crippen molar-refractivity contribution >= 4 is 41.5 Å². The Balaban J connectivity index is 0.00000625. The summed E-state index contributed by atoms with van der Waals surface area (Å²) in [7, 11) is 8.26. The van der Waals surface area contributed by atoms with Crippen LogP contribution in [0.25, 0.3) is 0 Å². The van der Waals surface area contributed by atoms with Crippen LogP contribution in [0.15, 0.2) is 60.7 Å². The molecule has 12 heteroatoms. The number of rotatable bonds is 14. The van der Waals surface area contributed by atoms with Gasteiger partial charge < -0.3 is 39.0 Å². The van der Waals surface area contributed by atoms with Gasteiger partial charge in [0.1, 0.15) is 23.0 Å². The Labute approximate surface area is 289 Å². The molecule has 1 unspecified atom stereocenters. The Morgan fingerprint density at radius 1 is 0.854 bits per heavy atom. The number of halogens is 1. The first-order valence-electron chi connectivity index (χ1n) is 15.8. The number of methoxy groups -OCH3 is 3. The van der Waals surface area contributed by atoms with Gasteiger partial charge in [0.05, 0.1) is 44.9 Å². The van der Waals surface area contributed by atoms with Crippen LogP contribution in [0.3, 0.4) is 0 Å². The molecule has 3 aromatic carbocycles. The van der Waals surface area contributed by atoms with Gasteiger partial charge in [-0.15, -0.1) is 12.4 Å². The maximum absolute atomic E-state index is 13.6. The number of anilines is 2. The molecular weight excluding hydrogens is 636 g/mol. The van der Waals surface area contributed by atoms with E-state index in [0.717, 1.165) is 39.0 Å². The van der Waals surface area contributed by atoms with Crippen LogP contribution in [0, 0.1) is 5.92 Å². The smallest absolute Gasteiger partial charge is 0.259 e. The highest BCUT2D eigenvalue weighted by Gasteiger charge is 2.22. The number of benzene rings is 3. The third-order valence-electron chi connectivity index (χ3n) is 8.46. The summed E-state index contributed by atoms with van der Waals surface area (Å²) in [5.41, 5.74) is 1.72. The molecule has 0 radical (unpaired) electrons. The number of para-hydroxylation sites is 2. The SMILES string of the molecule is COc1ccc(C(=O)Nc2ccc(C(=O)N(C)c3ccccc3OCCC(C)CCC(=O)N3CCN(C)CC3)cc2OC)c(OC)c1.Cl. The third kappa shape index (κ3) is 9.77. The van der Waals surface area contributed by atoms with E-state index >= 15 is 0 Å². The van der Waals surface area contributed by atoms with Crippen molar-refractivity contribution in [3.05, 3.63) is 71.8 Å². The highest BCUT2D eigenvalue weighted by Crippen LogP contribution is 2.32. The summed E-state index contributed by atoms with van der Waals surface area (Å²) in [6.07, 6.45) is 2.13. The van der Waals surface area contributed by atoms with Gasteiger partial charge in [0.25, 0.3) is 11.8 Å². The molecule has 48 heavy (non-hydrogen) atoms. The maximum Gasteiger partial charge on any atom is 0.259 e. The third-order valence-corrected chi connectivity index (χ3v) is 8.46. The normalized spacial score (nSPS) is 13.5. The molecule has 3 amide bonds. The van der Waals surface area contributed by atoms with Crippen molar-refractivity contribution < 1.29 is 33.3 Å². The fourth-order valence-corrected chi connectivity index (χ4v) is 5.36. The lowest BCUT2D eigenvalue weighted by molar-refractivity contribution is -0.133. The Morgan fingerprint density at radius 2 is 1.56 bits per heavy atom. The molecule has 0 aromatic heterocycles. The Hall–Kier alpha value is -4.48. The average molecular weight is 683 g/mol. The number of hydrogen-bond donors (Lipinski definition) is 1. The van der Waals surface area contributed by atoms with Crippen molar-refractivity contribution in [1.29, 1.82) is 0 Å². The molecule has 11 nitrogen and oxygen atoms in total. The summed E-state index contributed by atoms with van der Waals surface area (Å²) in [4.78, 5) is 45.0. The largest absolute Gasteiger partial charge is 0.497 e. The zero-order valence-corrected chi connectivity index (χ0v) is 29.4. The van der Waals surface area contributed by atoms with Crippen LogP contribution >= 0.6 is 12.4 Å². The predicted molar refractivity (Wildman–Crippen MR) is 190 cm³/mol. The highest BCUT2D eigenvalue weighted by atomic mass is 35.5. The van der Waals surface area contributed by atoms with Crippen molar-refractivity contribution in [1.82, 2.24) is 9.80 Å². The fourth-order valence-electron chi connectivity index (χ4n) is 5.36. The van der Waals surface area contributed by atoms with Gasteiger partial charge in [0.2, 0.25) is 5.91 Å². The van der Waals surface area contributed by atoms with E-state index in [1.54, 1.807) is 43.4 Å². The zero-order valence-electron chi connectivity index (χ0n) is 28.6. The minimum atomic E-state index is -0.402. The quantitative estimate of drug-likeness (QED) is 0.233. The zero-order chi connectivity index (χ0) is 33.9. The molecule has 1 aliphatic heterocycles. The first-order chi connectivity index (χ1) is 22.6. The number of nitrogens with one attached hydrogen (secondary N) is 1. The number of piperazine rings is 1. The highest BCUT2D eigenvalue weighted by molar-refractivity contribution is 6.09. The van der Waals surface area contributed by atoms with E-state index < -0.39 is 5.91 Å². The van der Waals surface area contributed by atoms with Gasteiger partial charge >= 0.3 is 0 Å². The molecule has 0 aliphatic carbocycles. The molecule has 1 heterocycles. The summed E-state index contributed by atoms with van der Waals surface area (Å²) in [6, 6.07) is 17.2. The van der Waals surface area contributed by atoms with Crippen molar-refractivity contribution in [2.75, 3.05) is 78.4 Å². The van der Waals surface area contributed by atoms with Gasteiger partial charge in [-0.3, -0.25) is 14.4 Å². The maximum atomic E-state index is 13.6. The van der Waals surface area contributed by atoms with Crippen molar-refractivity contribution in [3.63, 3.8) is 0 Å². The molecule has 260 valence electrons. The van der Waals surface area contributed by atoms with Crippen LogP contribution in [-0.4, -0.2) is 95.7 Å². The molecule has 4 rings (SSSR count). The number of nitrogens with zero attached hydrogens (tertiary/aromatic N) is 3. The lowest BCUT2D eigenvalue weighted by Gasteiger charge is -2.32. The van der Waals surface area contributed by atoms with E-state index in [2.05, 4.69) is 24.2 Å². The minimum Gasteiger partial charge on any atom is -0.497 e. The lowest BCUT2D eigenvalue weighted by atomic mass is 10.0. The second kappa shape index (κ2) is 18.2. The fraction of sp³-hybridized carbons (Fsp3) is 0.417. The average Bonchev–Trinajstić information content (AvgIpc) is 3.10. The summed E-state index contributed by atoms with van der Waals surface area (Å²) in [6.45, 7) is 6.03. The second-order valence-corrected chi connectivity index (χ2v) is 11.7. The van der Waals surface area contributed by atoms with E-state index in [4.69, 9.17) is 18.9 Å². The van der Waals surface area contributed by atoms with Crippen molar-refractivity contribution in [3.8, 4) is 23.0 Å². The summed E-state index contributed by atoms with van der Waals surface area (Å²) in [5, 5.41) is 2.84. The van der Waals surface area contributed by atoms with Gasteiger partial charge in [-0.25, -0.2) is 0 Å². The molecule has 0 saturated carbocycles. The minimum absolute atomic E-state index is 0. The van der Waals surface area contributed by atoms with Crippen LogP contribution in [0.2, 0.25) is 0 Å². The van der Waals surface area contributed by atoms with Gasteiger partial charge in [-0.2, -0.15) is 0 Å². The number of hydrogen-bond acceptors (Lipinski definition) is 8. The topological polar surface area (TPSA) is 110 Å². The molecule has 0 bridgehead atoms. The molecule has 1 fully saturated rings. The Morgan fingerprint density at radius 3 is 2.25 bits per heavy atom. The summed E-state index contributed by atoms with van der Waals surface area (Å²) < 4.78 is 22.3.